The molecule has 4 nitrogen and oxygen atoms in total. The van der Waals surface area contributed by atoms with Gasteiger partial charge in [-0.15, -0.1) is 0 Å². The van der Waals surface area contributed by atoms with Crippen LogP contribution in [0.1, 0.15) is 5.76 Å². The van der Waals surface area contributed by atoms with Crippen LogP contribution in [0.2, 0.25) is 15.1 Å². The Morgan fingerprint density at radius 3 is 2.36 bits per heavy atom. The van der Waals surface area contributed by atoms with E-state index < -0.39 is 0 Å². The number of furan rings is 1. The van der Waals surface area contributed by atoms with Crippen LogP contribution in [0.25, 0.3) is 33.5 Å². The maximum atomic E-state index is 10.9. The lowest BCUT2D eigenvalue weighted by Gasteiger charge is -2.11. The molecule has 4 aromatic rings. The van der Waals surface area contributed by atoms with Gasteiger partial charge in [-0.3, -0.25) is 0 Å². The van der Waals surface area contributed by atoms with Crippen LogP contribution in [0.3, 0.4) is 0 Å². The monoisotopic (exact) mass is 430 g/mol. The van der Waals surface area contributed by atoms with Crippen molar-refractivity contribution in [2.24, 2.45) is 0 Å². The van der Waals surface area contributed by atoms with Crippen molar-refractivity contribution in [2.75, 3.05) is 5.73 Å². The zero-order valence-electron chi connectivity index (χ0n) is 14.4. The molecule has 2 heterocycles. The van der Waals surface area contributed by atoms with Gasteiger partial charge < -0.3 is 14.9 Å². The number of fused-ring (bicyclic) bond motifs is 1. The third-order valence-corrected chi connectivity index (χ3v) is 5.21. The standard InChI is InChI=1S/C21H13Cl3N2O2/c22-12-3-1-11(2-4-12)15-10-16-19(25)18(7-8-27)28-21(16)26-20(15)14-6-5-13(23)9-17(14)24/h1-6,8-10H,7,25H2. The topological polar surface area (TPSA) is 69.1 Å². The Hall–Kier alpha value is -2.53. The summed E-state index contributed by atoms with van der Waals surface area (Å²) in [4.78, 5) is 15.6. The maximum absolute atomic E-state index is 10.9. The fraction of sp³-hybridized carbons (Fsp3) is 0.0476. The number of nitrogens with zero attached hydrogens (tertiary/aromatic N) is 1. The van der Waals surface area contributed by atoms with Gasteiger partial charge in [-0.05, 0) is 42.0 Å². The van der Waals surface area contributed by atoms with Gasteiger partial charge in [0.25, 0.3) is 0 Å². The molecule has 0 radical (unpaired) electrons. The van der Waals surface area contributed by atoms with E-state index in [1.54, 1.807) is 30.3 Å². The molecule has 7 heteroatoms. The molecule has 0 atom stereocenters. The van der Waals surface area contributed by atoms with Gasteiger partial charge >= 0.3 is 0 Å². The quantitative estimate of drug-likeness (QED) is 0.377. The van der Waals surface area contributed by atoms with E-state index in [0.29, 0.717) is 48.9 Å². The molecule has 4 rings (SSSR count). The highest BCUT2D eigenvalue weighted by Crippen LogP contribution is 2.40. The number of carbonyl (C=O) groups is 1. The van der Waals surface area contributed by atoms with Crippen molar-refractivity contribution in [2.45, 2.75) is 6.42 Å². The summed E-state index contributed by atoms with van der Waals surface area (Å²) in [6.45, 7) is 0. The average molecular weight is 432 g/mol. The predicted octanol–water partition coefficient (Wildman–Crippen LogP) is 6.45. The molecule has 0 amide bonds. The number of rotatable bonds is 4. The smallest absolute Gasteiger partial charge is 0.229 e. The first-order valence-electron chi connectivity index (χ1n) is 8.35. The Morgan fingerprint density at radius 1 is 0.964 bits per heavy atom. The van der Waals surface area contributed by atoms with E-state index in [0.717, 1.165) is 17.4 Å². The number of pyridine rings is 1. The van der Waals surface area contributed by atoms with Crippen molar-refractivity contribution in [3.05, 3.63) is 69.4 Å². The minimum absolute atomic E-state index is 0.0789. The van der Waals surface area contributed by atoms with Crippen molar-refractivity contribution in [1.29, 1.82) is 0 Å². The van der Waals surface area contributed by atoms with Crippen molar-refractivity contribution >= 4 is 57.9 Å². The Bertz CT molecular complexity index is 1200. The van der Waals surface area contributed by atoms with Crippen LogP contribution < -0.4 is 5.73 Å². The van der Waals surface area contributed by atoms with Crippen LogP contribution >= 0.6 is 34.8 Å². The molecule has 0 aliphatic carbocycles. The Morgan fingerprint density at radius 2 is 1.68 bits per heavy atom. The molecule has 0 saturated carbocycles. The van der Waals surface area contributed by atoms with Gasteiger partial charge in [0.15, 0.2) is 0 Å². The summed E-state index contributed by atoms with van der Waals surface area (Å²) in [5, 5.41) is 2.25. The van der Waals surface area contributed by atoms with Crippen molar-refractivity contribution < 1.29 is 9.21 Å². The SMILES string of the molecule is Nc1c(CC=O)oc2nc(-c3ccc(Cl)cc3Cl)c(-c3ccc(Cl)cc3)cc12. The van der Waals surface area contributed by atoms with Crippen LogP contribution in [0, 0.1) is 0 Å². The molecule has 0 bridgehead atoms. The molecule has 0 aliphatic heterocycles. The Kier molecular flexibility index (Phi) is 5.02. The van der Waals surface area contributed by atoms with Gasteiger partial charge in [0, 0.05) is 21.2 Å². The van der Waals surface area contributed by atoms with E-state index in [4.69, 9.17) is 45.0 Å². The highest BCUT2D eigenvalue weighted by Gasteiger charge is 2.19. The molecule has 2 aromatic heterocycles. The normalized spacial score (nSPS) is 11.1. The zero-order chi connectivity index (χ0) is 19.8. The van der Waals surface area contributed by atoms with Gasteiger partial charge in [-0.1, -0.05) is 46.9 Å². The summed E-state index contributed by atoms with van der Waals surface area (Å²) >= 11 is 18.5. The van der Waals surface area contributed by atoms with Gasteiger partial charge in [0.2, 0.25) is 5.71 Å². The van der Waals surface area contributed by atoms with Crippen molar-refractivity contribution in [3.8, 4) is 22.4 Å². The number of anilines is 1. The number of hydrogen-bond donors (Lipinski definition) is 1. The molecule has 0 aliphatic rings. The highest BCUT2D eigenvalue weighted by atomic mass is 35.5. The van der Waals surface area contributed by atoms with E-state index in [-0.39, 0.29) is 6.42 Å². The molecule has 0 spiro atoms. The molecule has 2 N–H and O–H groups in total. The number of nitrogen functional groups attached to an aromatic ring is 1. The number of hydrogen-bond acceptors (Lipinski definition) is 4. The van der Waals surface area contributed by atoms with Crippen LogP contribution in [0.15, 0.2) is 52.9 Å². The fourth-order valence-corrected chi connectivity index (χ4v) is 3.68. The van der Waals surface area contributed by atoms with Crippen molar-refractivity contribution in [1.82, 2.24) is 4.98 Å². The van der Waals surface area contributed by atoms with Crippen LogP contribution in [-0.2, 0) is 11.2 Å². The van der Waals surface area contributed by atoms with E-state index >= 15 is 0 Å². The van der Waals surface area contributed by atoms with Crippen LogP contribution in [0.5, 0.6) is 0 Å². The number of aromatic nitrogens is 1. The van der Waals surface area contributed by atoms with Crippen LogP contribution in [0.4, 0.5) is 5.69 Å². The lowest BCUT2D eigenvalue weighted by atomic mass is 9.98. The highest BCUT2D eigenvalue weighted by molar-refractivity contribution is 6.36. The minimum atomic E-state index is 0.0789. The molecule has 140 valence electrons. The average Bonchev–Trinajstić information content (AvgIpc) is 2.97. The summed E-state index contributed by atoms with van der Waals surface area (Å²) in [6, 6.07) is 14.5. The first kappa shape index (κ1) is 18.8. The third-order valence-electron chi connectivity index (χ3n) is 4.41. The van der Waals surface area contributed by atoms with Crippen molar-refractivity contribution in [3.63, 3.8) is 0 Å². The number of aldehydes is 1. The minimum Gasteiger partial charge on any atom is -0.440 e. The summed E-state index contributed by atoms with van der Waals surface area (Å²) in [6.07, 6.45) is 0.820. The maximum Gasteiger partial charge on any atom is 0.229 e. The van der Waals surface area contributed by atoms with Gasteiger partial charge in [0.1, 0.15) is 12.0 Å². The molecule has 2 aromatic carbocycles. The summed E-state index contributed by atoms with van der Waals surface area (Å²) in [7, 11) is 0. The largest absolute Gasteiger partial charge is 0.440 e. The van der Waals surface area contributed by atoms with Gasteiger partial charge in [-0.25, -0.2) is 4.98 Å². The van der Waals surface area contributed by atoms with Gasteiger partial charge in [0.05, 0.1) is 28.2 Å². The second kappa shape index (κ2) is 7.47. The van der Waals surface area contributed by atoms with E-state index in [9.17, 15) is 4.79 Å². The third kappa shape index (κ3) is 3.35. The molecule has 28 heavy (non-hydrogen) atoms. The number of benzene rings is 2. The van der Waals surface area contributed by atoms with Gasteiger partial charge in [-0.2, -0.15) is 0 Å². The van der Waals surface area contributed by atoms with E-state index in [2.05, 4.69) is 4.98 Å². The second-order valence-corrected chi connectivity index (χ2v) is 7.46. The van der Waals surface area contributed by atoms with E-state index in [1.807, 2.05) is 18.2 Å². The Labute approximate surface area is 175 Å². The molecular weight excluding hydrogens is 419 g/mol. The molecule has 0 unspecified atom stereocenters. The first-order chi connectivity index (χ1) is 13.5. The molecule has 0 fully saturated rings. The molecular formula is C21H13Cl3N2O2. The lowest BCUT2D eigenvalue weighted by Crippen LogP contribution is -1.93. The summed E-state index contributed by atoms with van der Waals surface area (Å²) in [5.74, 6) is 0.388. The Balaban J connectivity index is 2.03. The van der Waals surface area contributed by atoms with Crippen LogP contribution in [-0.4, -0.2) is 11.3 Å². The second-order valence-electron chi connectivity index (χ2n) is 6.18. The number of carbonyl (C=O) groups excluding carboxylic acids is 1. The molecule has 0 saturated heterocycles. The summed E-state index contributed by atoms with van der Waals surface area (Å²) < 4.78 is 5.72. The number of halogens is 3. The first-order valence-corrected chi connectivity index (χ1v) is 9.48. The predicted molar refractivity (Wildman–Crippen MR) is 114 cm³/mol. The zero-order valence-corrected chi connectivity index (χ0v) is 16.6. The summed E-state index contributed by atoms with van der Waals surface area (Å²) in [5.41, 5.74) is 9.92. The number of nitrogens with two attached hydrogens (primary N) is 1. The fourth-order valence-electron chi connectivity index (χ4n) is 3.05. The lowest BCUT2D eigenvalue weighted by molar-refractivity contribution is -0.107. The van der Waals surface area contributed by atoms with E-state index in [1.165, 1.54) is 0 Å².